The van der Waals surface area contributed by atoms with Crippen LogP contribution in [-0.4, -0.2) is 47.1 Å². The molecule has 0 aliphatic heterocycles. The number of thioether (sulfide) groups is 1. The van der Waals surface area contributed by atoms with Crippen molar-refractivity contribution in [1.82, 2.24) is 15.0 Å². The Morgan fingerprint density at radius 3 is 2.62 bits per heavy atom. The normalized spacial score (nSPS) is 12.3. The third kappa shape index (κ3) is 4.02. The number of anilines is 2. The van der Waals surface area contributed by atoms with Crippen molar-refractivity contribution in [3.8, 4) is 0 Å². The maximum Gasteiger partial charge on any atom is 0.230 e. The molecule has 1 aromatic heterocycles. The highest BCUT2D eigenvalue weighted by Gasteiger charge is 2.08. The molecular weight excluding hydrogens is 246 g/mol. The zero-order valence-electron chi connectivity index (χ0n) is 9.86. The van der Waals surface area contributed by atoms with Crippen molar-refractivity contribution >= 4 is 35.3 Å². The van der Waals surface area contributed by atoms with E-state index in [2.05, 4.69) is 33.4 Å². The minimum absolute atomic E-state index is 0.206. The highest BCUT2D eigenvalue weighted by molar-refractivity contribution is 7.98. The summed E-state index contributed by atoms with van der Waals surface area (Å²) in [6.07, 6.45) is 2.06. The Kier molecular flexibility index (Phi) is 5.08. The van der Waals surface area contributed by atoms with Crippen LogP contribution in [0.25, 0.3) is 0 Å². The molecule has 90 valence electrons. The molecule has 7 heteroatoms. The van der Waals surface area contributed by atoms with Gasteiger partial charge in [0.2, 0.25) is 17.2 Å². The van der Waals surface area contributed by atoms with Gasteiger partial charge in [-0.05, 0) is 24.8 Å². The molecule has 0 saturated heterocycles. The zero-order chi connectivity index (χ0) is 12.1. The number of hydrogen-bond donors (Lipinski definition) is 1. The molecule has 1 atom stereocenters. The lowest BCUT2D eigenvalue weighted by atomic mass is 10.4. The maximum atomic E-state index is 5.82. The number of hydrogen-bond acceptors (Lipinski definition) is 6. The fourth-order valence-electron chi connectivity index (χ4n) is 1.12. The molecule has 0 aromatic carbocycles. The van der Waals surface area contributed by atoms with Crippen LogP contribution in [0.5, 0.6) is 0 Å². The van der Waals surface area contributed by atoms with Gasteiger partial charge in [-0.3, -0.25) is 0 Å². The molecule has 1 aromatic rings. The van der Waals surface area contributed by atoms with Crippen LogP contribution in [-0.2, 0) is 0 Å². The summed E-state index contributed by atoms with van der Waals surface area (Å²) >= 11 is 7.59. The SMILES string of the molecule is CSCC(C)Nc1nc(Cl)nc(N(C)C)n1. The Balaban J connectivity index is 2.80. The largest absolute Gasteiger partial charge is 0.351 e. The zero-order valence-corrected chi connectivity index (χ0v) is 11.4. The second-order valence-corrected chi connectivity index (χ2v) is 4.87. The summed E-state index contributed by atoms with van der Waals surface area (Å²) < 4.78 is 0. The number of rotatable bonds is 5. The van der Waals surface area contributed by atoms with E-state index in [0.717, 1.165) is 5.75 Å². The summed E-state index contributed by atoms with van der Waals surface area (Å²) in [5.41, 5.74) is 0. The van der Waals surface area contributed by atoms with E-state index in [0.29, 0.717) is 17.9 Å². The summed E-state index contributed by atoms with van der Waals surface area (Å²) in [6, 6.07) is 0.295. The Morgan fingerprint density at radius 2 is 2.06 bits per heavy atom. The molecular formula is C9H16ClN5S. The molecule has 1 heterocycles. The van der Waals surface area contributed by atoms with E-state index >= 15 is 0 Å². The maximum absolute atomic E-state index is 5.82. The highest BCUT2D eigenvalue weighted by Crippen LogP contribution is 2.12. The van der Waals surface area contributed by atoms with Gasteiger partial charge in [0.15, 0.2) is 0 Å². The molecule has 0 radical (unpaired) electrons. The van der Waals surface area contributed by atoms with Crippen molar-refractivity contribution in [3.63, 3.8) is 0 Å². The van der Waals surface area contributed by atoms with Crippen LogP contribution in [0.1, 0.15) is 6.92 Å². The first-order valence-corrected chi connectivity index (χ1v) is 6.64. The molecule has 0 aliphatic carbocycles. The second-order valence-electron chi connectivity index (χ2n) is 3.62. The van der Waals surface area contributed by atoms with Gasteiger partial charge in [-0.25, -0.2) is 0 Å². The smallest absolute Gasteiger partial charge is 0.230 e. The van der Waals surface area contributed by atoms with Crippen molar-refractivity contribution in [3.05, 3.63) is 5.28 Å². The molecule has 0 bridgehead atoms. The van der Waals surface area contributed by atoms with Crippen molar-refractivity contribution in [1.29, 1.82) is 0 Å². The van der Waals surface area contributed by atoms with Gasteiger partial charge in [-0.2, -0.15) is 26.7 Å². The first-order chi connectivity index (χ1) is 7.52. The van der Waals surface area contributed by atoms with Gasteiger partial charge >= 0.3 is 0 Å². The first kappa shape index (κ1) is 13.3. The first-order valence-electron chi connectivity index (χ1n) is 4.87. The van der Waals surface area contributed by atoms with Crippen LogP contribution in [0.15, 0.2) is 0 Å². The fourth-order valence-corrected chi connectivity index (χ4v) is 1.86. The van der Waals surface area contributed by atoms with Gasteiger partial charge in [0, 0.05) is 25.9 Å². The lowest BCUT2D eigenvalue weighted by Gasteiger charge is -2.15. The van der Waals surface area contributed by atoms with E-state index in [-0.39, 0.29) is 5.28 Å². The van der Waals surface area contributed by atoms with E-state index in [1.54, 1.807) is 16.7 Å². The predicted octanol–water partition coefficient (Wildman–Crippen LogP) is 1.75. The van der Waals surface area contributed by atoms with Crippen LogP contribution in [0, 0.1) is 0 Å². The monoisotopic (exact) mass is 261 g/mol. The molecule has 0 saturated carbocycles. The van der Waals surface area contributed by atoms with E-state index in [4.69, 9.17) is 11.6 Å². The van der Waals surface area contributed by atoms with E-state index < -0.39 is 0 Å². The molecule has 1 N–H and O–H groups in total. The minimum atomic E-state index is 0.206. The standard InChI is InChI=1S/C9H16ClN5S/c1-6(5-16-4)11-8-12-7(10)13-9(14-8)15(2)3/h6H,5H2,1-4H3,(H,11,12,13,14). The highest BCUT2D eigenvalue weighted by atomic mass is 35.5. The predicted molar refractivity (Wildman–Crippen MR) is 70.6 cm³/mol. The van der Waals surface area contributed by atoms with Crippen LogP contribution < -0.4 is 10.2 Å². The molecule has 16 heavy (non-hydrogen) atoms. The van der Waals surface area contributed by atoms with Crippen LogP contribution in [0.2, 0.25) is 5.28 Å². The average Bonchev–Trinajstić information content (AvgIpc) is 2.16. The van der Waals surface area contributed by atoms with Crippen molar-refractivity contribution in [2.75, 3.05) is 36.3 Å². The quantitative estimate of drug-likeness (QED) is 0.872. The van der Waals surface area contributed by atoms with E-state index in [1.165, 1.54) is 0 Å². The topological polar surface area (TPSA) is 53.9 Å². The third-order valence-corrected chi connectivity index (χ3v) is 2.79. The van der Waals surface area contributed by atoms with Crippen molar-refractivity contribution < 1.29 is 0 Å². The van der Waals surface area contributed by atoms with Crippen LogP contribution >= 0.6 is 23.4 Å². The van der Waals surface area contributed by atoms with Crippen LogP contribution in [0.4, 0.5) is 11.9 Å². The molecule has 1 unspecified atom stereocenters. The van der Waals surface area contributed by atoms with Gasteiger partial charge in [0.25, 0.3) is 0 Å². The molecule has 5 nitrogen and oxygen atoms in total. The second kappa shape index (κ2) is 6.10. The molecule has 0 amide bonds. The minimum Gasteiger partial charge on any atom is -0.351 e. The summed E-state index contributed by atoms with van der Waals surface area (Å²) in [7, 11) is 3.72. The third-order valence-electron chi connectivity index (χ3n) is 1.79. The van der Waals surface area contributed by atoms with Crippen molar-refractivity contribution in [2.45, 2.75) is 13.0 Å². The Morgan fingerprint density at radius 1 is 1.38 bits per heavy atom. The lowest BCUT2D eigenvalue weighted by Crippen LogP contribution is -2.21. The summed E-state index contributed by atoms with van der Waals surface area (Å²) in [5, 5.41) is 3.39. The van der Waals surface area contributed by atoms with Gasteiger partial charge in [-0.1, -0.05) is 0 Å². The van der Waals surface area contributed by atoms with E-state index in [1.807, 2.05) is 14.1 Å². The van der Waals surface area contributed by atoms with Gasteiger partial charge in [0.1, 0.15) is 0 Å². The Labute approximate surface area is 105 Å². The molecule has 1 rings (SSSR count). The van der Waals surface area contributed by atoms with E-state index in [9.17, 15) is 0 Å². The number of nitrogens with zero attached hydrogens (tertiary/aromatic N) is 4. The van der Waals surface area contributed by atoms with Gasteiger partial charge in [0.05, 0.1) is 0 Å². The van der Waals surface area contributed by atoms with Gasteiger partial charge < -0.3 is 10.2 Å². The lowest BCUT2D eigenvalue weighted by molar-refractivity contribution is 0.869. The summed E-state index contributed by atoms with van der Waals surface area (Å²) in [5.74, 6) is 2.06. The van der Waals surface area contributed by atoms with Gasteiger partial charge in [-0.15, -0.1) is 0 Å². The Hall–Kier alpha value is -0.750. The number of nitrogens with one attached hydrogen (secondary N) is 1. The van der Waals surface area contributed by atoms with Crippen molar-refractivity contribution in [2.24, 2.45) is 0 Å². The molecule has 0 fully saturated rings. The average molecular weight is 262 g/mol. The Bertz CT molecular complexity index is 347. The fraction of sp³-hybridized carbons (Fsp3) is 0.667. The summed E-state index contributed by atoms with van der Waals surface area (Å²) in [6.45, 7) is 2.07. The number of aromatic nitrogens is 3. The molecule has 0 spiro atoms. The number of halogens is 1. The van der Waals surface area contributed by atoms with Crippen LogP contribution in [0.3, 0.4) is 0 Å². The molecule has 0 aliphatic rings. The summed E-state index contributed by atoms with van der Waals surface area (Å²) in [4.78, 5) is 14.1.